The Hall–Kier alpha value is -4.35. The molecule has 164 valence electrons. The number of amides is 2. The Labute approximate surface area is 176 Å². The Kier molecular flexibility index (Phi) is 7.72. The van der Waals surface area contributed by atoms with Crippen LogP contribution in [-0.2, 0) is 4.79 Å². The minimum Gasteiger partial charge on any atom is -0.502 e. The van der Waals surface area contributed by atoms with E-state index in [1.807, 2.05) is 0 Å². The molecule has 0 bridgehead atoms. The van der Waals surface area contributed by atoms with Crippen LogP contribution in [0.5, 0.6) is 23.0 Å². The maximum absolute atomic E-state index is 12.3. The van der Waals surface area contributed by atoms with Gasteiger partial charge in [-0.2, -0.15) is 5.10 Å². The SMILES string of the molecule is COc1cc(C(=O)NCC(=O)N/N=C\c2ccc(O)c([N+](=O)[O-])c2)cc(OC)c1OC. The third-order valence-electron chi connectivity index (χ3n) is 3.94. The van der Waals surface area contributed by atoms with E-state index < -0.39 is 28.2 Å². The van der Waals surface area contributed by atoms with Gasteiger partial charge in [-0.25, -0.2) is 5.43 Å². The van der Waals surface area contributed by atoms with Crippen molar-refractivity contribution in [2.45, 2.75) is 0 Å². The lowest BCUT2D eigenvalue weighted by atomic mass is 10.1. The summed E-state index contributed by atoms with van der Waals surface area (Å²) in [6.07, 6.45) is 1.16. The number of phenols is 1. The van der Waals surface area contributed by atoms with Gasteiger partial charge >= 0.3 is 5.69 Å². The molecule has 0 unspecified atom stereocenters. The van der Waals surface area contributed by atoms with Gasteiger partial charge in [0, 0.05) is 17.2 Å². The lowest BCUT2D eigenvalue weighted by molar-refractivity contribution is -0.385. The molecule has 0 fully saturated rings. The van der Waals surface area contributed by atoms with Gasteiger partial charge in [0.15, 0.2) is 17.2 Å². The summed E-state index contributed by atoms with van der Waals surface area (Å²) in [5, 5.41) is 26.3. The van der Waals surface area contributed by atoms with Gasteiger partial charge in [-0.1, -0.05) is 0 Å². The second-order valence-electron chi connectivity index (χ2n) is 5.90. The van der Waals surface area contributed by atoms with Crippen molar-refractivity contribution in [2.75, 3.05) is 27.9 Å². The number of nitrogens with zero attached hydrogens (tertiary/aromatic N) is 2. The molecule has 0 aliphatic rings. The molecule has 0 atom stereocenters. The van der Waals surface area contributed by atoms with Gasteiger partial charge < -0.3 is 24.6 Å². The molecule has 2 amide bonds. The average molecular weight is 432 g/mol. The molecule has 12 nitrogen and oxygen atoms in total. The second kappa shape index (κ2) is 10.4. The third-order valence-corrected chi connectivity index (χ3v) is 3.94. The molecule has 0 radical (unpaired) electrons. The van der Waals surface area contributed by atoms with E-state index in [1.165, 1.54) is 39.5 Å². The normalized spacial score (nSPS) is 10.4. The number of ether oxygens (including phenoxy) is 3. The Morgan fingerprint density at radius 1 is 1.13 bits per heavy atom. The highest BCUT2D eigenvalue weighted by atomic mass is 16.6. The van der Waals surface area contributed by atoms with Crippen LogP contribution in [0.1, 0.15) is 15.9 Å². The van der Waals surface area contributed by atoms with Crippen LogP contribution in [0.2, 0.25) is 0 Å². The standard InChI is InChI=1S/C19H20N4O8/c1-29-15-7-12(8-16(30-2)18(15)31-3)19(26)20-10-17(25)22-21-9-11-4-5-14(24)13(6-11)23(27)28/h4-9,24H,10H2,1-3H3,(H,20,26)(H,22,25)/b21-9-. The molecule has 2 rings (SSSR count). The van der Waals surface area contributed by atoms with E-state index in [0.29, 0.717) is 5.75 Å². The number of nitro benzene ring substituents is 1. The predicted octanol–water partition coefficient (Wildman–Crippen LogP) is 1.21. The fourth-order valence-electron chi connectivity index (χ4n) is 2.46. The van der Waals surface area contributed by atoms with Crippen LogP contribution in [0.15, 0.2) is 35.4 Å². The van der Waals surface area contributed by atoms with Gasteiger partial charge in [-0.05, 0) is 24.3 Å². The fraction of sp³-hybridized carbons (Fsp3) is 0.211. The van der Waals surface area contributed by atoms with Crippen LogP contribution in [0.3, 0.4) is 0 Å². The van der Waals surface area contributed by atoms with E-state index in [9.17, 15) is 24.8 Å². The number of hydrogen-bond donors (Lipinski definition) is 3. The van der Waals surface area contributed by atoms with E-state index in [-0.39, 0.29) is 29.2 Å². The number of carbonyl (C=O) groups is 2. The molecular weight excluding hydrogens is 412 g/mol. The maximum atomic E-state index is 12.3. The van der Waals surface area contributed by atoms with Crippen LogP contribution in [-0.4, -0.2) is 55.9 Å². The Morgan fingerprint density at radius 3 is 2.32 bits per heavy atom. The number of rotatable bonds is 9. The number of benzene rings is 2. The van der Waals surface area contributed by atoms with E-state index in [4.69, 9.17) is 14.2 Å². The molecule has 31 heavy (non-hydrogen) atoms. The molecule has 0 aromatic heterocycles. The van der Waals surface area contributed by atoms with Gasteiger partial charge in [-0.3, -0.25) is 19.7 Å². The smallest absolute Gasteiger partial charge is 0.311 e. The van der Waals surface area contributed by atoms with E-state index >= 15 is 0 Å². The first-order valence-corrected chi connectivity index (χ1v) is 8.68. The number of hydrazone groups is 1. The summed E-state index contributed by atoms with van der Waals surface area (Å²) >= 11 is 0. The van der Waals surface area contributed by atoms with Gasteiger partial charge in [0.05, 0.1) is 39.0 Å². The number of nitrogens with one attached hydrogen (secondary N) is 2. The highest BCUT2D eigenvalue weighted by molar-refractivity contribution is 5.97. The molecule has 12 heteroatoms. The van der Waals surface area contributed by atoms with Crippen molar-refractivity contribution in [3.05, 3.63) is 51.6 Å². The predicted molar refractivity (Wildman–Crippen MR) is 109 cm³/mol. The van der Waals surface area contributed by atoms with Crippen LogP contribution in [0.4, 0.5) is 5.69 Å². The van der Waals surface area contributed by atoms with E-state index in [0.717, 1.165) is 18.3 Å². The van der Waals surface area contributed by atoms with Crippen LogP contribution in [0.25, 0.3) is 0 Å². The molecule has 0 aliphatic carbocycles. The molecule has 0 saturated carbocycles. The van der Waals surface area contributed by atoms with Crippen LogP contribution >= 0.6 is 0 Å². The average Bonchev–Trinajstić information content (AvgIpc) is 2.77. The molecular formula is C19H20N4O8. The first kappa shape index (κ1) is 22.9. The first-order valence-electron chi connectivity index (χ1n) is 8.68. The van der Waals surface area contributed by atoms with Gasteiger partial charge in [0.1, 0.15) is 0 Å². The summed E-state index contributed by atoms with van der Waals surface area (Å²) < 4.78 is 15.5. The number of methoxy groups -OCH3 is 3. The molecule has 2 aromatic carbocycles. The molecule has 0 spiro atoms. The summed E-state index contributed by atoms with van der Waals surface area (Å²) in [4.78, 5) is 34.3. The maximum Gasteiger partial charge on any atom is 0.311 e. The van der Waals surface area contributed by atoms with Crippen LogP contribution < -0.4 is 25.0 Å². The fourth-order valence-corrected chi connectivity index (χ4v) is 2.46. The minimum absolute atomic E-state index is 0.183. The van der Waals surface area contributed by atoms with Crippen molar-refractivity contribution in [2.24, 2.45) is 5.10 Å². The van der Waals surface area contributed by atoms with E-state index in [2.05, 4.69) is 15.8 Å². The van der Waals surface area contributed by atoms with Crippen molar-refractivity contribution < 1.29 is 33.8 Å². The topological polar surface area (TPSA) is 162 Å². The summed E-state index contributed by atoms with van der Waals surface area (Å²) in [6, 6.07) is 6.48. The summed E-state index contributed by atoms with van der Waals surface area (Å²) in [6.45, 7) is -0.386. The number of aromatic hydroxyl groups is 1. The Morgan fingerprint density at radius 2 is 1.77 bits per heavy atom. The summed E-state index contributed by atoms with van der Waals surface area (Å²) in [5.41, 5.74) is 2.15. The Balaban J connectivity index is 1.97. The largest absolute Gasteiger partial charge is 0.502 e. The van der Waals surface area contributed by atoms with Crippen molar-refractivity contribution in [1.82, 2.24) is 10.7 Å². The lowest BCUT2D eigenvalue weighted by Crippen LogP contribution is -2.34. The number of phenolic OH excluding ortho intramolecular Hbond substituents is 1. The minimum atomic E-state index is -0.746. The highest BCUT2D eigenvalue weighted by Gasteiger charge is 2.17. The van der Waals surface area contributed by atoms with Crippen LogP contribution in [0, 0.1) is 10.1 Å². The molecule has 0 heterocycles. The highest BCUT2D eigenvalue weighted by Crippen LogP contribution is 2.38. The molecule has 0 aliphatic heterocycles. The Bertz CT molecular complexity index is 997. The zero-order chi connectivity index (χ0) is 23.0. The second-order valence-corrected chi connectivity index (χ2v) is 5.90. The third kappa shape index (κ3) is 5.82. The first-order chi connectivity index (χ1) is 14.8. The molecule has 2 aromatic rings. The van der Waals surface area contributed by atoms with Gasteiger partial charge in [0.2, 0.25) is 5.75 Å². The lowest BCUT2D eigenvalue weighted by Gasteiger charge is -2.14. The van der Waals surface area contributed by atoms with Crippen molar-refractivity contribution in [3.63, 3.8) is 0 Å². The summed E-state index contributed by atoms with van der Waals surface area (Å²) in [7, 11) is 4.25. The number of nitro groups is 1. The zero-order valence-electron chi connectivity index (χ0n) is 16.9. The van der Waals surface area contributed by atoms with Crippen molar-refractivity contribution in [3.8, 4) is 23.0 Å². The summed E-state index contributed by atoms with van der Waals surface area (Å²) in [5.74, 6) is -0.797. The molecule has 0 saturated heterocycles. The number of carbonyl (C=O) groups excluding carboxylic acids is 2. The van der Waals surface area contributed by atoms with Crippen molar-refractivity contribution in [1.29, 1.82) is 0 Å². The van der Waals surface area contributed by atoms with E-state index in [1.54, 1.807) is 0 Å². The number of hydrogen-bond acceptors (Lipinski definition) is 9. The van der Waals surface area contributed by atoms with Gasteiger partial charge in [0.25, 0.3) is 11.8 Å². The quantitative estimate of drug-likeness (QED) is 0.302. The molecule has 3 N–H and O–H groups in total. The monoisotopic (exact) mass is 432 g/mol. The van der Waals surface area contributed by atoms with Crippen molar-refractivity contribution >= 4 is 23.7 Å². The van der Waals surface area contributed by atoms with Gasteiger partial charge in [-0.15, -0.1) is 0 Å². The zero-order valence-corrected chi connectivity index (χ0v) is 16.9.